The van der Waals surface area contributed by atoms with E-state index in [-0.39, 0.29) is 11.9 Å². The molecular formula is C22H30N2O3S. The van der Waals surface area contributed by atoms with Gasteiger partial charge in [-0.15, -0.1) is 0 Å². The largest absolute Gasteiger partial charge is 0.352 e. The summed E-state index contributed by atoms with van der Waals surface area (Å²) in [6.45, 7) is 5.71. The molecule has 2 atom stereocenters. The Bertz CT molecular complexity index is 864. The summed E-state index contributed by atoms with van der Waals surface area (Å²) < 4.78 is 26.2. The number of amides is 1. The molecule has 2 aromatic carbocycles. The number of aryl methyl sites for hydroxylation is 2. The lowest BCUT2D eigenvalue weighted by atomic mass is 10.1. The molecule has 28 heavy (non-hydrogen) atoms. The van der Waals surface area contributed by atoms with Crippen LogP contribution in [0.4, 0.5) is 5.69 Å². The number of nitrogens with one attached hydrogen (secondary N) is 1. The van der Waals surface area contributed by atoms with Gasteiger partial charge in [0, 0.05) is 6.04 Å². The molecular weight excluding hydrogens is 372 g/mol. The highest BCUT2D eigenvalue weighted by Crippen LogP contribution is 2.23. The van der Waals surface area contributed by atoms with Gasteiger partial charge in [0.2, 0.25) is 15.9 Å². The van der Waals surface area contributed by atoms with E-state index in [0.717, 1.165) is 24.7 Å². The van der Waals surface area contributed by atoms with Gasteiger partial charge in [0.1, 0.15) is 6.04 Å². The second kappa shape index (κ2) is 9.73. The molecule has 5 nitrogen and oxygen atoms in total. The highest BCUT2D eigenvalue weighted by molar-refractivity contribution is 7.92. The van der Waals surface area contributed by atoms with Gasteiger partial charge in [-0.3, -0.25) is 9.10 Å². The second-order valence-corrected chi connectivity index (χ2v) is 9.11. The van der Waals surface area contributed by atoms with E-state index in [0.29, 0.717) is 12.1 Å². The van der Waals surface area contributed by atoms with Crippen molar-refractivity contribution in [2.75, 3.05) is 10.6 Å². The number of carbonyl (C=O) groups is 1. The molecule has 0 aliphatic rings. The fourth-order valence-electron chi connectivity index (χ4n) is 3.19. The first-order chi connectivity index (χ1) is 13.2. The predicted molar refractivity (Wildman–Crippen MR) is 115 cm³/mol. The number of nitrogens with zero attached hydrogens (tertiary/aromatic N) is 1. The Morgan fingerprint density at radius 3 is 2.21 bits per heavy atom. The van der Waals surface area contributed by atoms with Crippen LogP contribution >= 0.6 is 0 Å². The van der Waals surface area contributed by atoms with Crippen LogP contribution in [0.1, 0.15) is 37.8 Å². The van der Waals surface area contributed by atoms with Crippen molar-refractivity contribution in [2.45, 2.75) is 52.1 Å². The summed E-state index contributed by atoms with van der Waals surface area (Å²) in [6, 6.07) is 16.4. The zero-order chi connectivity index (χ0) is 20.7. The van der Waals surface area contributed by atoms with Crippen molar-refractivity contribution in [2.24, 2.45) is 0 Å². The Balaban J connectivity index is 2.11. The number of sulfonamides is 1. The molecule has 0 saturated heterocycles. The van der Waals surface area contributed by atoms with Crippen molar-refractivity contribution < 1.29 is 13.2 Å². The second-order valence-electron chi connectivity index (χ2n) is 7.25. The van der Waals surface area contributed by atoms with Crippen LogP contribution in [-0.2, 0) is 21.2 Å². The molecule has 0 fully saturated rings. The standard InChI is InChI=1S/C22H30N2O3S/c1-5-21(24(28(4,26)27)20-15-11-17(2)12-16-20)22(25)23-18(3)13-14-19-9-7-6-8-10-19/h6-12,15-16,18,21H,5,13-14H2,1-4H3,(H,23,25)/t18-,21+/m1/s1. The molecule has 1 N–H and O–H groups in total. The number of carbonyl (C=O) groups excluding carboxylic acids is 1. The van der Waals surface area contributed by atoms with Gasteiger partial charge >= 0.3 is 0 Å². The van der Waals surface area contributed by atoms with Crippen LogP contribution in [0.3, 0.4) is 0 Å². The molecule has 6 heteroatoms. The first-order valence-electron chi connectivity index (χ1n) is 9.62. The van der Waals surface area contributed by atoms with Gasteiger partial charge in [0.25, 0.3) is 0 Å². The minimum Gasteiger partial charge on any atom is -0.352 e. The molecule has 0 radical (unpaired) electrons. The first kappa shape index (κ1) is 22.0. The summed E-state index contributed by atoms with van der Waals surface area (Å²) in [7, 11) is -3.61. The first-order valence-corrected chi connectivity index (χ1v) is 11.5. The normalized spacial score (nSPS) is 13.6. The van der Waals surface area contributed by atoms with Crippen LogP contribution < -0.4 is 9.62 Å². The quantitative estimate of drug-likeness (QED) is 0.696. The number of hydrogen-bond acceptors (Lipinski definition) is 3. The van der Waals surface area contributed by atoms with Gasteiger partial charge < -0.3 is 5.32 Å². The number of anilines is 1. The van der Waals surface area contributed by atoms with Crippen LogP contribution in [-0.4, -0.2) is 32.7 Å². The fourth-order valence-corrected chi connectivity index (χ4v) is 4.40. The molecule has 0 aliphatic carbocycles. The maximum atomic E-state index is 12.9. The molecule has 0 spiro atoms. The summed E-state index contributed by atoms with van der Waals surface area (Å²) in [5, 5.41) is 2.99. The van der Waals surface area contributed by atoms with E-state index in [1.807, 2.05) is 51.1 Å². The smallest absolute Gasteiger partial charge is 0.244 e. The summed E-state index contributed by atoms with van der Waals surface area (Å²) in [6.07, 6.45) is 3.17. The maximum Gasteiger partial charge on any atom is 0.244 e. The van der Waals surface area contributed by atoms with E-state index < -0.39 is 16.1 Å². The van der Waals surface area contributed by atoms with Crippen molar-refractivity contribution in [3.63, 3.8) is 0 Å². The van der Waals surface area contributed by atoms with Crippen LogP contribution in [0.5, 0.6) is 0 Å². The van der Waals surface area contributed by atoms with Crippen LogP contribution in [0.15, 0.2) is 54.6 Å². The SMILES string of the molecule is CC[C@@H](C(=O)N[C@H](C)CCc1ccccc1)N(c1ccc(C)cc1)S(C)(=O)=O. The highest BCUT2D eigenvalue weighted by Gasteiger charge is 2.31. The van der Waals surface area contributed by atoms with Gasteiger partial charge in [-0.05, 0) is 50.8 Å². The summed E-state index contributed by atoms with van der Waals surface area (Å²) in [4.78, 5) is 12.9. The monoisotopic (exact) mass is 402 g/mol. The third-order valence-electron chi connectivity index (χ3n) is 4.72. The third-order valence-corrected chi connectivity index (χ3v) is 5.90. The number of rotatable bonds is 9. The Morgan fingerprint density at radius 2 is 1.68 bits per heavy atom. The highest BCUT2D eigenvalue weighted by atomic mass is 32.2. The van der Waals surface area contributed by atoms with Crippen molar-refractivity contribution in [1.29, 1.82) is 0 Å². The Hall–Kier alpha value is -2.34. The summed E-state index contributed by atoms with van der Waals surface area (Å²) in [5.74, 6) is -0.269. The minimum absolute atomic E-state index is 0.0545. The average Bonchev–Trinajstić information content (AvgIpc) is 2.65. The molecule has 2 rings (SSSR count). The summed E-state index contributed by atoms with van der Waals surface area (Å²) in [5.41, 5.74) is 2.75. The molecule has 0 saturated carbocycles. The molecule has 0 aliphatic heterocycles. The van der Waals surface area contributed by atoms with Crippen molar-refractivity contribution in [3.05, 3.63) is 65.7 Å². The zero-order valence-electron chi connectivity index (χ0n) is 17.1. The molecule has 0 bridgehead atoms. The lowest BCUT2D eigenvalue weighted by Gasteiger charge is -2.31. The van der Waals surface area contributed by atoms with Crippen molar-refractivity contribution in [1.82, 2.24) is 5.32 Å². The van der Waals surface area contributed by atoms with Crippen molar-refractivity contribution >= 4 is 21.6 Å². The van der Waals surface area contributed by atoms with Crippen molar-refractivity contribution in [3.8, 4) is 0 Å². The molecule has 1 amide bonds. The van der Waals surface area contributed by atoms with Crippen LogP contribution in [0.25, 0.3) is 0 Å². The molecule has 2 aromatic rings. The molecule has 0 unspecified atom stereocenters. The van der Waals surface area contributed by atoms with Gasteiger partial charge in [-0.25, -0.2) is 8.42 Å². The van der Waals surface area contributed by atoms with E-state index in [1.165, 1.54) is 9.87 Å². The summed E-state index contributed by atoms with van der Waals surface area (Å²) >= 11 is 0. The zero-order valence-corrected chi connectivity index (χ0v) is 17.9. The van der Waals surface area contributed by atoms with E-state index in [9.17, 15) is 13.2 Å². The van der Waals surface area contributed by atoms with Gasteiger partial charge in [0.15, 0.2) is 0 Å². The van der Waals surface area contributed by atoms with Crippen LogP contribution in [0.2, 0.25) is 0 Å². The predicted octanol–water partition coefficient (Wildman–Crippen LogP) is 3.68. The van der Waals surface area contributed by atoms with E-state index >= 15 is 0 Å². The Labute approximate surface area is 168 Å². The Kier molecular flexibility index (Phi) is 7.63. The van der Waals surface area contributed by atoms with Gasteiger partial charge in [0.05, 0.1) is 11.9 Å². The van der Waals surface area contributed by atoms with Gasteiger partial charge in [-0.2, -0.15) is 0 Å². The third kappa shape index (κ3) is 6.09. The van der Waals surface area contributed by atoms with Gasteiger partial charge in [-0.1, -0.05) is 55.0 Å². The van der Waals surface area contributed by atoms with Crippen LogP contribution in [0, 0.1) is 6.92 Å². The lowest BCUT2D eigenvalue weighted by molar-refractivity contribution is -0.122. The lowest BCUT2D eigenvalue weighted by Crippen LogP contribution is -2.51. The number of hydrogen-bond donors (Lipinski definition) is 1. The topological polar surface area (TPSA) is 66.5 Å². The molecule has 0 heterocycles. The van der Waals surface area contributed by atoms with E-state index in [2.05, 4.69) is 17.4 Å². The Morgan fingerprint density at radius 1 is 1.07 bits per heavy atom. The van der Waals surface area contributed by atoms with E-state index in [1.54, 1.807) is 12.1 Å². The fraction of sp³-hybridized carbons (Fsp3) is 0.409. The average molecular weight is 403 g/mol. The minimum atomic E-state index is -3.61. The number of benzene rings is 2. The molecule has 152 valence electrons. The molecule has 0 aromatic heterocycles. The van der Waals surface area contributed by atoms with E-state index in [4.69, 9.17) is 0 Å². The maximum absolute atomic E-state index is 12.9.